The van der Waals surface area contributed by atoms with Crippen LogP contribution in [0.3, 0.4) is 0 Å². The summed E-state index contributed by atoms with van der Waals surface area (Å²) in [5.41, 5.74) is 13.2. The molecule has 0 saturated carbocycles. The maximum Gasteiger partial charge on any atom is 0.259 e. The Bertz CT molecular complexity index is 1690. The van der Waals surface area contributed by atoms with Crippen LogP contribution in [0.15, 0.2) is 78.9 Å². The van der Waals surface area contributed by atoms with E-state index in [1.165, 1.54) is 24.3 Å². The van der Waals surface area contributed by atoms with Crippen molar-refractivity contribution in [1.82, 2.24) is 4.98 Å². The van der Waals surface area contributed by atoms with Gasteiger partial charge in [-0.05, 0) is 83.3 Å². The lowest BCUT2D eigenvalue weighted by Crippen LogP contribution is -2.24. The number of halogens is 2. The number of nitrogens with one attached hydrogen (secondary N) is 1. The van der Waals surface area contributed by atoms with E-state index in [9.17, 15) is 18.7 Å². The third-order valence-electron chi connectivity index (χ3n) is 7.06. The summed E-state index contributed by atoms with van der Waals surface area (Å²) >= 11 is 0. The van der Waals surface area contributed by atoms with Crippen LogP contribution in [-0.2, 0) is 6.54 Å². The molecule has 1 amide bonds. The molecule has 0 spiro atoms. The number of hydrogen-bond acceptors (Lipinski definition) is 3. The van der Waals surface area contributed by atoms with Crippen LogP contribution in [0, 0.1) is 18.6 Å². The largest absolute Gasteiger partial charge is 0.374 e. The minimum absolute atomic E-state index is 0.235. The molecule has 0 saturated heterocycles. The zero-order valence-corrected chi connectivity index (χ0v) is 19.9. The van der Waals surface area contributed by atoms with Gasteiger partial charge in [0.15, 0.2) is 0 Å². The van der Waals surface area contributed by atoms with Crippen molar-refractivity contribution in [2.45, 2.75) is 19.7 Å². The number of fused-ring (bicyclic) bond motifs is 2. The van der Waals surface area contributed by atoms with E-state index >= 15 is 0 Å². The highest BCUT2D eigenvalue weighted by atomic mass is 19.1. The van der Waals surface area contributed by atoms with Crippen molar-refractivity contribution >= 4 is 22.5 Å². The van der Waals surface area contributed by atoms with Crippen LogP contribution in [0.1, 0.15) is 33.3 Å². The van der Waals surface area contributed by atoms with Gasteiger partial charge in [0.25, 0.3) is 5.91 Å². The molecular weight excluding hydrogens is 472 g/mol. The highest BCUT2D eigenvalue weighted by molar-refractivity contribution is 6.11. The van der Waals surface area contributed by atoms with Crippen LogP contribution < -0.4 is 10.6 Å². The fourth-order valence-corrected chi connectivity index (χ4v) is 5.18. The summed E-state index contributed by atoms with van der Waals surface area (Å²) in [5, 5.41) is 11.0. The van der Waals surface area contributed by atoms with Gasteiger partial charge in [-0.3, -0.25) is 4.79 Å². The summed E-state index contributed by atoms with van der Waals surface area (Å²) in [6, 6.07) is 21.8. The maximum atomic E-state index is 13.8. The zero-order valence-electron chi connectivity index (χ0n) is 19.9. The Kier molecular flexibility index (Phi) is 5.40. The first kappa shape index (κ1) is 23.1. The predicted molar refractivity (Wildman–Crippen MR) is 140 cm³/mol. The molecular formula is C30H23F2N3O2. The number of carbonyl (C=O) groups excluding carboxylic acids is 1. The van der Waals surface area contributed by atoms with Gasteiger partial charge in [0, 0.05) is 27.9 Å². The second-order valence-corrected chi connectivity index (χ2v) is 9.27. The molecule has 184 valence electrons. The highest BCUT2D eigenvalue weighted by Gasteiger charge is 2.30. The van der Waals surface area contributed by atoms with Gasteiger partial charge in [-0.2, -0.15) is 0 Å². The molecule has 4 aromatic carbocycles. The SMILES string of the molecule is Cc1c(-c2ccc(C(N)O)c3[nH]c(-c4ccc(F)cc4)cc23)cccc1N1Cc2ccc(F)cc2C1=O. The van der Waals surface area contributed by atoms with Gasteiger partial charge in [0.05, 0.1) is 12.1 Å². The number of aliphatic hydroxyl groups is 1. The Morgan fingerprint density at radius 1 is 0.919 bits per heavy atom. The highest BCUT2D eigenvalue weighted by Crippen LogP contribution is 2.40. The van der Waals surface area contributed by atoms with Gasteiger partial charge in [-0.15, -0.1) is 0 Å². The molecule has 1 aromatic heterocycles. The molecule has 0 fully saturated rings. The normalized spacial score (nSPS) is 13.9. The van der Waals surface area contributed by atoms with E-state index in [1.54, 1.807) is 29.2 Å². The molecule has 5 aromatic rings. The van der Waals surface area contributed by atoms with Crippen molar-refractivity contribution in [3.8, 4) is 22.4 Å². The fourth-order valence-electron chi connectivity index (χ4n) is 5.18. The molecule has 1 atom stereocenters. The summed E-state index contributed by atoms with van der Waals surface area (Å²) in [6.07, 6.45) is -1.19. The molecule has 7 heteroatoms. The molecule has 2 heterocycles. The standard InChI is InChI=1S/C30H23F2N3O2/c1-16-21(3-2-4-27(16)35-15-18-7-10-20(32)13-24(18)30(35)37)22-11-12-23(29(33)36)28-25(22)14-26(34-28)17-5-8-19(31)9-6-17/h2-14,29,34,36H,15,33H2,1H3. The summed E-state index contributed by atoms with van der Waals surface area (Å²) in [4.78, 5) is 18.2. The van der Waals surface area contributed by atoms with Crippen molar-refractivity contribution < 1.29 is 18.7 Å². The number of rotatable bonds is 4. The van der Waals surface area contributed by atoms with Crippen LogP contribution in [0.5, 0.6) is 0 Å². The number of amides is 1. The van der Waals surface area contributed by atoms with Crippen molar-refractivity contribution in [2.24, 2.45) is 5.73 Å². The molecule has 0 bridgehead atoms. The van der Waals surface area contributed by atoms with E-state index in [1.807, 2.05) is 37.3 Å². The Labute approximate surface area is 211 Å². The average Bonchev–Trinajstić information content (AvgIpc) is 3.46. The molecule has 1 unspecified atom stereocenters. The first-order valence-corrected chi connectivity index (χ1v) is 11.9. The number of aromatic nitrogens is 1. The van der Waals surface area contributed by atoms with Crippen molar-refractivity contribution in [1.29, 1.82) is 0 Å². The fraction of sp³-hybridized carbons (Fsp3) is 0.100. The van der Waals surface area contributed by atoms with Gasteiger partial charge in [-0.1, -0.05) is 30.3 Å². The predicted octanol–water partition coefficient (Wildman–Crippen LogP) is 6.20. The number of benzene rings is 4. The van der Waals surface area contributed by atoms with Crippen molar-refractivity contribution in [3.05, 3.63) is 113 Å². The number of nitrogens with two attached hydrogens (primary N) is 1. The van der Waals surface area contributed by atoms with E-state index in [4.69, 9.17) is 5.73 Å². The molecule has 1 aliphatic rings. The molecule has 1 aliphatic heterocycles. The lowest BCUT2D eigenvalue weighted by molar-refractivity contribution is 0.0996. The molecule has 6 rings (SSSR count). The van der Waals surface area contributed by atoms with Crippen LogP contribution in [0.4, 0.5) is 14.5 Å². The Morgan fingerprint density at radius 3 is 2.43 bits per heavy atom. The van der Waals surface area contributed by atoms with Crippen LogP contribution in [0.2, 0.25) is 0 Å². The minimum Gasteiger partial charge on any atom is -0.374 e. The number of aliphatic hydroxyl groups excluding tert-OH is 1. The summed E-state index contributed by atoms with van der Waals surface area (Å²) in [5.74, 6) is -0.998. The second kappa shape index (κ2) is 8.65. The topological polar surface area (TPSA) is 82.3 Å². The van der Waals surface area contributed by atoms with Gasteiger partial charge < -0.3 is 20.7 Å². The Hall–Kier alpha value is -4.33. The molecule has 5 nitrogen and oxygen atoms in total. The third-order valence-corrected chi connectivity index (χ3v) is 7.06. The first-order chi connectivity index (χ1) is 17.8. The third kappa shape index (κ3) is 3.80. The van der Waals surface area contributed by atoms with Crippen LogP contribution in [-0.4, -0.2) is 16.0 Å². The van der Waals surface area contributed by atoms with Crippen LogP contribution >= 0.6 is 0 Å². The average molecular weight is 496 g/mol. The summed E-state index contributed by atoms with van der Waals surface area (Å²) in [6.45, 7) is 2.32. The van der Waals surface area contributed by atoms with Gasteiger partial charge >= 0.3 is 0 Å². The number of carbonyl (C=O) groups is 1. The minimum atomic E-state index is -1.19. The number of anilines is 1. The van der Waals surface area contributed by atoms with Crippen molar-refractivity contribution in [3.63, 3.8) is 0 Å². The molecule has 0 radical (unpaired) electrons. The van der Waals surface area contributed by atoms with Gasteiger partial charge in [-0.25, -0.2) is 8.78 Å². The van der Waals surface area contributed by atoms with E-state index < -0.39 is 12.0 Å². The van der Waals surface area contributed by atoms with Crippen molar-refractivity contribution in [2.75, 3.05) is 4.90 Å². The number of aromatic amines is 1. The van der Waals surface area contributed by atoms with Gasteiger partial charge in [0.2, 0.25) is 0 Å². The number of H-pyrrole nitrogens is 1. The Morgan fingerprint density at radius 2 is 1.68 bits per heavy atom. The van der Waals surface area contributed by atoms with Gasteiger partial charge in [0.1, 0.15) is 17.9 Å². The smallest absolute Gasteiger partial charge is 0.259 e. The van der Waals surface area contributed by atoms with E-state index in [-0.39, 0.29) is 11.7 Å². The maximum absolute atomic E-state index is 13.8. The quantitative estimate of drug-likeness (QED) is 0.260. The molecule has 4 N–H and O–H groups in total. The first-order valence-electron chi connectivity index (χ1n) is 11.9. The molecule has 0 aliphatic carbocycles. The number of hydrogen-bond donors (Lipinski definition) is 3. The van der Waals surface area contributed by atoms with E-state index in [2.05, 4.69) is 4.98 Å². The zero-order chi connectivity index (χ0) is 25.8. The Balaban J connectivity index is 1.49. The lowest BCUT2D eigenvalue weighted by atomic mass is 9.94. The van der Waals surface area contributed by atoms with E-state index in [0.717, 1.165) is 44.6 Å². The second-order valence-electron chi connectivity index (χ2n) is 9.27. The molecule has 37 heavy (non-hydrogen) atoms. The van der Waals surface area contributed by atoms with Crippen LogP contribution in [0.25, 0.3) is 33.3 Å². The lowest BCUT2D eigenvalue weighted by Gasteiger charge is -2.21. The summed E-state index contributed by atoms with van der Waals surface area (Å²) < 4.78 is 27.3. The van der Waals surface area contributed by atoms with E-state index in [0.29, 0.717) is 23.2 Å². The number of nitrogens with zero attached hydrogens (tertiary/aromatic N) is 1. The summed E-state index contributed by atoms with van der Waals surface area (Å²) in [7, 11) is 0. The monoisotopic (exact) mass is 495 g/mol.